The van der Waals surface area contributed by atoms with Crippen LogP contribution in [0.5, 0.6) is 0 Å². The third kappa shape index (κ3) is 10.8. The van der Waals surface area contributed by atoms with Crippen molar-refractivity contribution in [2.24, 2.45) is 10.9 Å². The molecule has 42 heavy (non-hydrogen) atoms. The van der Waals surface area contributed by atoms with Crippen LogP contribution in [0.1, 0.15) is 96.2 Å². The average Bonchev–Trinajstić information content (AvgIpc) is 3.59. The van der Waals surface area contributed by atoms with Crippen LogP contribution < -0.4 is 10.6 Å². The molecule has 0 spiro atoms. The van der Waals surface area contributed by atoms with Crippen molar-refractivity contribution in [1.82, 2.24) is 15.6 Å². The molecule has 1 aromatic heterocycles. The minimum atomic E-state index is -1.03. The van der Waals surface area contributed by atoms with Gasteiger partial charge in [0.15, 0.2) is 5.12 Å². The second-order valence-electron chi connectivity index (χ2n) is 11.2. The van der Waals surface area contributed by atoms with Crippen LogP contribution in [-0.4, -0.2) is 62.1 Å². The molecular formula is C30H44N4O5S3. The molecule has 0 saturated heterocycles. The van der Waals surface area contributed by atoms with Crippen molar-refractivity contribution in [2.45, 2.75) is 110 Å². The first-order chi connectivity index (χ1) is 20.1. The maximum Gasteiger partial charge on any atom is 0.329 e. The second-order valence-corrected chi connectivity index (χ2v) is 14.3. The van der Waals surface area contributed by atoms with Crippen LogP contribution in [0, 0.1) is 5.92 Å². The number of aromatic nitrogens is 1. The summed E-state index contributed by atoms with van der Waals surface area (Å²) in [5.41, 5.74) is -0.346. The molecule has 2 aliphatic rings. The number of allylic oxidation sites excluding steroid dienone is 1. The summed E-state index contributed by atoms with van der Waals surface area (Å²) in [4.78, 5) is 60.7. The highest BCUT2D eigenvalue weighted by Gasteiger charge is 2.41. The number of unbranched alkanes of at least 4 members (excludes halogenated alkanes) is 5. The van der Waals surface area contributed by atoms with Gasteiger partial charge in [-0.05, 0) is 38.2 Å². The minimum Gasteiger partial charge on any atom is -0.456 e. The molecule has 1 aromatic rings. The first-order valence-electron chi connectivity index (χ1n) is 14.9. The fourth-order valence-electron chi connectivity index (χ4n) is 4.41. The molecule has 9 nitrogen and oxygen atoms in total. The van der Waals surface area contributed by atoms with Gasteiger partial charge in [-0.25, -0.2) is 9.78 Å². The Hall–Kier alpha value is -2.18. The van der Waals surface area contributed by atoms with Gasteiger partial charge >= 0.3 is 5.97 Å². The van der Waals surface area contributed by atoms with E-state index in [1.54, 1.807) is 13.0 Å². The molecule has 0 aromatic carbocycles. The smallest absolute Gasteiger partial charge is 0.329 e. The van der Waals surface area contributed by atoms with Crippen molar-refractivity contribution in [2.75, 3.05) is 11.5 Å². The Balaban J connectivity index is 1.62. The van der Waals surface area contributed by atoms with Crippen LogP contribution in [0.2, 0.25) is 0 Å². The molecule has 2 aliphatic heterocycles. The maximum atomic E-state index is 13.3. The highest BCUT2D eigenvalue weighted by atomic mass is 32.2. The quantitative estimate of drug-likeness (QED) is 0.177. The molecule has 4 bridgehead atoms. The van der Waals surface area contributed by atoms with Crippen LogP contribution in [0.3, 0.4) is 0 Å². The number of aliphatic imine (C=N–C) groups is 1. The van der Waals surface area contributed by atoms with Crippen LogP contribution >= 0.6 is 34.9 Å². The number of rotatable bonds is 12. The lowest BCUT2D eigenvalue weighted by Gasteiger charge is -2.27. The first kappa shape index (κ1) is 34.3. The van der Waals surface area contributed by atoms with Crippen molar-refractivity contribution in [1.29, 1.82) is 0 Å². The highest BCUT2D eigenvalue weighted by Crippen LogP contribution is 2.32. The molecule has 0 aliphatic carbocycles. The number of ether oxygens (including phenoxy) is 1. The van der Waals surface area contributed by atoms with E-state index in [1.165, 1.54) is 54.1 Å². The van der Waals surface area contributed by atoms with Crippen LogP contribution in [0.15, 0.2) is 22.5 Å². The summed E-state index contributed by atoms with van der Waals surface area (Å²) in [6.45, 7) is 7.86. The first-order valence-corrected chi connectivity index (χ1v) is 17.7. The SMILES string of the molecule is CCCCCCCC(=O)SCCC/C=C/C1CC(=O)NCc2nc(cs2)C2=NC(C)(CS2)C(=O)NC(C(C)C)C(=O)O1. The molecule has 0 saturated carbocycles. The molecule has 3 rings (SSSR count). The summed E-state index contributed by atoms with van der Waals surface area (Å²) in [6, 6.07) is -0.888. The molecule has 3 unspecified atom stereocenters. The van der Waals surface area contributed by atoms with E-state index < -0.39 is 23.7 Å². The Morgan fingerprint density at radius 1 is 1.21 bits per heavy atom. The number of nitrogens with one attached hydrogen (secondary N) is 2. The summed E-state index contributed by atoms with van der Waals surface area (Å²) in [5, 5.41) is 9.24. The zero-order chi connectivity index (χ0) is 30.5. The number of cyclic esters (lactones) is 1. The zero-order valence-electron chi connectivity index (χ0n) is 25.1. The summed E-state index contributed by atoms with van der Waals surface area (Å²) < 4.78 is 5.79. The van der Waals surface area contributed by atoms with Gasteiger partial charge in [0.2, 0.25) is 11.8 Å². The molecule has 232 valence electrons. The van der Waals surface area contributed by atoms with E-state index in [9.17, 15) is 19.2 Å². The average molecular weight is 637 g/mol. The van der Waals surface area contributed by atoms with Crippen LogP contribution in [-0.2, 0) is 30.5 Å². The predicted octanol–water partition coefficient (Wildman–Crippen LogP) is 5.42. The highest BCUT2D eigenvalue weighted by molar-refractivity contribution is 8.14. The largest absolute Gasteiger partial charge is 0.456 e. The Morgan fingerprint density at radius 3 is 2.76 bits per heavy atom. The summed E-state index contributed by atoms with van der Waals surface area (Å²) in [7, 11) is 0. The fourth-order valence-corrected chi connectivity index (χ4v) is 7.16. The molecular weight excluding hydrogens is 593 g/mol. The van der Waals surface area contributed by atoms with Crippen molar-refractivity contribution in [3.63, 3.8) is 0 Å². The fraction of sp³-hybridized carbons (Fsp3) is 0.667. The lowest BCUT2D eigenvalue weighted by molar-refractivity contribution is -0.153. The maximum absolute atomic E-state index is 13.3. The number of carbonyl (C=O) groups is 4. The summed E-state index contributed by atoms with van der Waals surface area (Å²) in [5.74, 6) is -0.281. The van der Waals surface area contributed by atoms with Crippen molar-refractivity contribution < 1.29 is 23.9 Å². The van der Waals surface area contributed by atoms with Gasteiger partial charge in [-0.2, -0.15) is 0 Å². The molecule has 3 heterocycles. The number of hydrogen-bond acceptors (Lipinski definition) is 10. The number of thioether (sulfide) groups is 2. The number of amides is 2. The van der Waals surface area contributed by atoms with Gasteiger partial charge in [-0.1, -0.05) is 64.3 Å². The summed E-state index contributed by atoms with van der Waals surface area (Å²) in [6.07, 6.45) is 10.5. The van der Waals surface area contributed by atoms with Crippen molar-refractivity contribution >= 4 is 62.8 Å². The van der Waals surface area contributed by atoms with E-state index in [0.717, 1.165) is 30.0 Å². The van der Waals surface area contributed by atoms with E-state index in [-0.39, 0.29) is 35.8 Å². The molecule has 0 fully saturated rings. The lowest BCUT2D eigenvalue weighted by Crippen LogP contribution is -2.53. The standard InChI is InChI=1S/C30H44N4O5S3/c1-5-6-7-8-11-14-25(36)40-15-12-9-10-13-21-16-23(35)31-17-24-32-22(18-41-24)27-34-30(4,19-42-27)29(38)33-26(20(2)3)28(37)39-21/h10,13,18,20-21,26H,5-9,11-12,14-17,19H2,1-4H3,(H,31,35)(H,33,38)/b13-10+. The van der Waals surface area contributed by atoms with Crippen LogP contribution in [0.25, 0.3) is 0 Å². The number of hydrogen-bond donors (Lipinski definition) is 2. The van der Waals surface area contributed by atoms with Crippen molar-refractivity contribution in [3.05, 3.63) is 28.2 Å². The zero-order valence-corrected chi connectivity index (χ0v) is 27.6. The lowest BCUT2D eigenvalue weighted by atomic mass is 10.0. The normalized spacial score (nSPS) is 23.5. The van der Waals surface area contributed by atoms with Crippen molar-refractivity contribution in [3.8, 4) is 0 Å². The predicted molar refractivity (Wildman–Crippen MR) is 172 cm³/mol. The van der Waals surface area contributed by atoms with Gasteiger partial charge in [-0.3, -0.25) is 19.4 Å². The van der Waals surface area contributed by atoms with E-state index in [0.29, 0.717) is 29.3 Å². The third-order valence-corrected chi connectivity index (χ3v) is 10.2. The second kappa shape index (κ2) is 17.2. The summed E-state index contributed by atoms with van der Waals surface area (Å²) >= 11 is 4.24. The number of nitrogens with zero attached hydrogens (tertiary/aromatic N) is 2. The van der Waals surface area contributed by atoms with E-state index in [2.05, 4.69) is 27.5 Å². The Bertz CT molecular complexity index is 1150. The Kier molecular flexibility index (Phi) is 14.1. The Labute approximate surface area is 261 Å². The van der Waals surface area contributed by atoms with E-state index in [4.69, 9.17) is 4.74 Å². The topological polar surface area (TPSA) is 127 Å². The van der Waals surface area contributed by atoms with Gasteiger partial charge in [-0.15, -0.1) is 23.1 Å². The van der Waals surface area contributed by atoms with Gasteiger partial charge < -0.3 is 15.4 Å². The molecule has 12 heteroatoms. The molecule has 3 atom stereocenters. The van der Waals surface area contributed by atoms with Gasteiger partial charge in [0.1, 0.15) is 33.4 Å². The minimum absolute atomic E-state index is 0.0508. The van der Waals surface area contributed by atoms with E-state index in [1.807, 2.05) is 25.3 Å². The van der Waals surface area contributed by atoms with Crippen LogP contribution in [0.4, 0.5) is 0 Å². The monoisotopic (exact) mass is 636 g/mol. The molecule has 2 amide bonds. The van der Waals surface area contributed by atoms with Gasteiger partial charge in [0.25, 0.3) is 0 Å². The Morgan fingerprint density at radius 2 is 2.00 bits per heavy atom. The number of fused-ring (bicyclic) bond motifs is 4. The van der Waals surface area contributed by atoms with Gasteiger partial charge in [0, 0.05) is 23.3 Å². The third-order valence-electron chi connectivity index (χ3n) is 7.01. The van der Waals surface area contributed by atoms with E-state index >= 15 is 0 Å². The molecule has 0 radical (unpaired) electrons. The molecule has 2 N–H and O–H groups in total. The van der Waals surface area contributed by atoms with Gasteiger partial charge in [0.05, 0.1) is 13.0 Å². The number of esters is 1. The number of carbonyl (C=O) groups excluding carboxylic acids is 4. The number of thiazole rings is 1.